The van der Waals surface area contributed by atoms with Crippen LogP contribution in [0, 0.1) is 0 Å². The van der Waals surface area contributed by atoms with Crippen LogP contribution < -0.4 is 0 Å². The number of hydrogen-bond donors (Lipinski definition) is 1. The molecule has 14 heavy (non-hydrogen) atoms. The van der Waals surface area contributed by atoms with Crippen molar-refractivity contribution in [2.24, 2.45) is 0 Å². The van der Waals surface area contributed by atoms with Crippen LogP contribution >= 0.6 is 34.5 Å². The van der Waals surface area contributed by atoms with Gasteiger partial charge in [-0.1, -0.05) is 11.6 Å². The fourth-order valence-electron chi connectivity index (χ4n) is 1.49. The summed E-state index contributed by atoms with van der Waals surface area (Å²) in [4.78, 5) is 0. The summed E-state index contributed by atoms with van der Waals surface area (Å²) in [6.07, 6.45) is 0. The van der Waals surface area contributed by atoms with E-state index in [9.17, 15) is 5.11 Å². The molecule has 0 bridgehead atoms. The molecule has 0 saturated heterocycles. The van der Waals surface area contributed by atoms with E-state index in [4.69, 9.17) is 23.2 Å². The Balaban J connectivity index is 2.81. The Hall–Kier alpha value is -0.280. The van der Waals surface area contributed by atoms with Crippen molar-refractivity contribution in [1.82, 2.24) is 0 Å². The van der Waals surface area contributed by atoms with Gasteiger partial charge in [-0.25, -0.2) is 0 Å². The molecule has 0 fully saturated rings. The zero-order valence-corrected chi connectivity index (χ0v) is 9.59. The van der Waals surface area contributed by atoms with Crippen LogP contribution in [-0.4, -0.2) is 5.11 Å². The fraction of sp³-hybridized carbons (Fsp3) is 0.200. The Labute approximate surface area is 95.9 Å². The quantitative estimate of drug-likeness (QED) is 0.800. The van der Waals surface area contributed by atoms with Crippen molar-refractivity contribution in [3.63, 3.8) is 0 Å². The van der Waals surface area contributed by atoms with Gasteiger partial charge < -0.3 is 5.11 Å². The van der Waals surface area contributed by atoms with Crippen LogP contribution in [0.4, 0.5) is 0 Å². The number of rotatable bonds is 2. The first-order valence-corrected chi connectivity index (χ1v) is 5.91. The third kappa shape index (κ3) is 1.52. The molecule has 1 heterocycles. The molecule has 4 heteroatoms. The number of benzene rings is 1. The summed E-state index contributed by atoms with van der Waals surface area (Å²) < 4.78 is 1.12. The van der Waals surface area contributed by atoms with E-state index in [0.717, 1.165) is 21.2 Å². The number of aliphatic hydroxyl groups excluding tert-OH is 1. The minimum absolute atomic E-state index is 0.0331. The molecule has 0 aliphatic rings. The molecule has 0 spiro atoms. The molecule has 1 N–H and O–H groups in total. The van der Waals surface area contributed by atoms with Crippen LogP contribution in [0.25, 0.3) is 10.1 Å². The number of hydrogen-bond acceptors (Lipinski definition) is 2. The smallest absolute Gasteiger partial charge is 0.0702 e. The second-order valence-electron chi connectivity index (χ2n) is 2.95. The van der Waals surface area contributed by atoms with Crippen molar-refractivity contribution in [2.75, 3.05) is 0 Å². The van der Waals surface area contributed by atoms with Crippen LogP contribution in [-0.2, 0) is 12.5 Å². The van der Waals surface area contributed by atoms with E-state index >= 15 is 0 Å². The van der Waals surface area contributed by atoms with Gasteiger partial charge in [-0.2, -0.15) is 0 Å². The summed E-state index contributed by atoms with van der Waals surface area (Å²) in [6, 6.07) is 3.80. The highest BCUT2D eigenvalue weighted by molar-refractivity contribution is 7.17. The Morgan fingerprint density at radius 2 is 2.21 bits per heavy atom. The summed E-state index contributed by atoms with van der Waals surface area (Å²) in [6.45, 7) is -0.0331. The number of aliphatic hydroxyl groups is 1. The lowest BCUT2D eigenvalue weighted by atomic mass is 10.1. The second-order valence-corrected chi connectivity index (χ2v) is 4.54. The van der Waals surface area contributed by atoms with Gasteiger partial charge >= 0.3 is 0 Å². The van der Waals surface area contributed by atoms with E-state index in [2.05, 4.69) is 0 Å². The molecule has 0 radical (unpaired) electrons. The maximum atomic E-state index is 9.19. The van der Waals surface area contributed by atoms with E-state index in [0.29, 0.717) is 10.9 Å². The van der Waals surface area contributed by atoms with Crippen LogP contribution in [0.15, 0.2) is 17.5 Å². The van der Waals surface area contributed by atoms with Crippen LogP contribution in [0.1, 0.15) is 11.1 Å². The lowest BCUT2D eigenvalue weighted by Crippen LogP contribution is -1.89. The van der Waals surface area contributed by atoms with Crippen molar-refractivity contribution >= 4 is 44.6 Å². The Bertz CT molecular complexity index is 464. The summed E-state index contributed by atoms with van der Waals surface area (Å²) in [5, 5.41) is 12.8. The molecule has 0 saturated carbocycles. The van der Waals surface area contributed by atoms with E-state index < -0.39 is 0 Å². The molecule has 0 aliphatic heterocycles. The Kier molecular flexibility index (Phi) is 2.98. The van der Waals surface area contributed by atoms with Crippen molar-refractivity contribution in [2.45, 2.75) is 12.5 Å². The van der Waals surface area contributed by atoms with E-state index in [1.54, 1.807) is 11.3 Å². The lowest BCUT2D eigenvalue weighted by Gasteiger charge is -2.06. The predicted molar refractivity (Wildman–Crippen MR) is 62.3 cm³/mol. The zero-order valence-electron chi connectivity index (χ0n) is 7.26. The molecule has 1 aromatic carbocycles. The first-order valence-electron chi connectivity index (χ1n) is 4.12. The third-order valence-electron chi connectivity index (χ3n) is 2.17. The van der Waals surface area contributed by atoms with Crippen LogP contribution in [0.5, 0.6) is 0 Å². The summed E-state index contributed by atoms with van der Waals surface area (Å²) >= 11 is 13.5. The van der Waals surface area contributed by atoms with E-state index in [1.165, 1.54) is 0 Å². The average Bonchev–Trinajstić information content (AvgIpc) is 2.65. The molecule has 1 aromatic heterocycles. The standard InChI is InChI=1S/C10H8Cl2OS/c11-4-6-3-9(12)8(5-13)7-1-2-14-10(6)7/h1-3,13H,4-5H2. The normalized spacial score (nSPS) is 11.1. The topological polar surface area (TPSA) is 20.2 Å². The molecular weight excluding hydrogens is 239 g/mol. The summed E-state index contributed by atoms with van der Waals surface area (Å²) in [7, 11) is 0. The third-order valence-corrected chi connectivity index (χ3v) is 3.79. The van der Waals surface area contributed by atoms with Gasteiger partial charge in [0.1, 0.15) is 0 Å². The fourth-order valence-corrected chi connectivity index (χ4v) is 3.01. The minimum Gasteiger partial charge on any atom is -0.392 e. The molecule has 0 unspecified atom stereocenters. The van der Waals surface area contributed by atoms with Crippen LogP contribution in [0.3, 0.4) is 0 Å². The number of halogens is 2. The van der Waals surface area contributed by atoms with Gasteiger partial charge in [0.15, 0.2) is 0 Å². The summed E-state index contributed by atoms with van der Waals surface area (Å²) in [5.41, 5.74) is 1.82. The van der Waals surface area contributed by atoms with Gasteiger partial charge in [0.25, 0.3) is 0 Å². The monoisotopic (exact) mass is 246 g/mol. The zero-order chi connectivity index (χ0) is 10.1. The SMILES string of the molecule is OCc1c(Cl)cc(CCl)c2sccc12. The van der Waals surface area contributed by atoms with Crippen molar-refractivity contribution < 1.29 is 5.11 Å². The van der Waals surface area contributed by atoms with Crippen molar-refractivity contribution in [3.05, 3.63) is 33.7 Å². The highest BCUT2D eigenvalue weighted by Crippen LogP contribution is 2.33. The molecule has 0 amide bonds. The van der Waals surface area contributed by atoms with Crippen LogP contribution in [0.2, 0.25) is 5.02 Å². The van der Waals surface area contributed by atoms with E-state index in [1.807, 2.05) is 17.5 Å². The van der Waals surface area contributed by atoms with Gasteiger partial charge in [-0.15, -0.1) is 22.9 Å². The van der Waals surface area contributed by atoms with Gasteiger partial charge in [0.05, 0.1) is 6.61 Å². The molecule has 2 aromatic rings. The first kappa shape index (κ1) is 10.2. The highest BCUT2D eigenvalue weighted by Gasteiger charge is 2.10. The predicted octanol–water partition coefficient (Wildman–Crippen LogP) is 3.79. The first-order chi connectivity index (χ1) is 6.77. The Morgan fingerprint density at radius 3 is 2.86 bits per heavy atom. The number of fused-ring (bicyclic) bond motifs is 1. The lowest BCUT2D eigenvalue weighted by molar-refractivity contribution is 0.283. The maximum Gasteiger partial charge on any atom is 0.0702 e. The van der Waals surface area contributed by atoms with Gasteiger partial charge in [-0.05, 0) is 28.5 Å². The Morgan fingerprint density at radius 1 is 1.43 bits per heavy atom. The van der Waals surface area contributed by atoms with Gasteiger partial charge in [-0.3, -0.25) is 0 Å². The highest BCUT2D eigenvalue weighted by atomic mass is 35.5. The van der Waals surface area contributed by atoms with Crippen molar-refractivity contribution in [3.8, 4) is 0 Å². The second kappa shape index (κ2) is 4.07. The minimum atomic E-state index is -0.0331. The van der Waals surface area contributed by atoms with Gasteiger partial charge in [0.2, 0.25) is 0 Å². The molecule has 74 valence electrons. The van der Waals surface area contributed by atoms with Crippen molar-refractivity contribution in [1.29, 1.82) is 0 Å². The van der Waals surface area contributed by atoms with E-state index in [-0.39, 0.29) is 6.61 Å². The molecule has 1 nitrogen and oxygen atoms in total. The maximum absolute atomic E-state index is 9.19. The number of alkyl halides is 1. The largest absolute Gasteiger partial charge is 0.392 e. The molecule has 0 atom stereocenters. The summed E-state index contributed by atoms with van der Waals surface area (Å²) in [5.74, 6) is 0.447. The number of thiophene rings is 1. The van der Waals surface area contributed by atoms with Gasteiger partial charge in [0, 0.05) is 21.2 Å². The molecule has 2 rings (SSSR count). The molecular formula is C10H8Cl2OS. The average molecular weight is 247 g/mol. The molecule has 0 aliphatic carbocycles.